The van der Waals surface area contributed by atoms with Gasteiger partial charge in [-0.15, -0.1) is 11.3 Å². The molecule has 4 heteroatoms. The molecule has 0 amide bonds. The molecule has 0 bridgehead atoms. The third-order valence-corrected chi connectivity index (χ3v) is 3.41. The van der Waals surface area contributed by atoms with E-state index in [2.05, 4.69) is 4.98 Å². The van der Waals surface area contributed by atoms with Crippen LogP contribution in [0, 0.1) is 5.92 Å². The van der Waals surface area contributed by atoms with Crippen molar-refractivity contribution in [3.8, 4) is 0 Å². The molecule has 0 aliphatic carbocycles. The highest BCUT2D eigenvalue weighted by molar-refractivity contribution is 7.19. The average Bonchev–Trinajstić information content (AvgIpc) is 2.59. The zero-order valence-corrected chi connectivity index (χ0v) is 9.12. The minimum Gasteiger partial charge on any atom is -0.481 e. The van der Waals surface area contributed by atoms with E-state index in [9.17, 15) is 4.79 Å². The SMILES string of the molecule is CC(Cc1cc2ccncc2s1)C(=O)O. The van der Waals surface area contributed by atoms with Gasteiger partial charge in [0, 0.05) is 17.3 Å². The summed E-state index contributed by atoms with van der Waals surface area (Å²) in [6, 6.07) is 3.99. The van der Waals surface area contributed by atoms with Crippen molar-refractivity contribution < 1.29 is 9.90 Å². The maximum Gasteiger partial charge on any atom is 0.306 e. The number of carboxylic acid groups (broad SMARTS) is 1. The van der Waals surface area contributed by atoms with Crippen molar-refractivity contribution in [2.75, 3.05) is 0 Å². The lowest BCUT2D eigenvalue weighted by molar-refractivity contribution is -0.141. The molecule has 0 radical (unpaired) electrons. The minimum atomic E-state index is -0.745. The highest BCUT2D eigenvalue weighted by atomic mass is 32.1. The van der Waals surface area contributed by atoms with E-state index in [0.717, 1.165) is 15.0 Å². The second-order valence-corrected chi connectivity index (χ2v) is 4.74. The molecule has 2 rings (SSSR count). The van der Waals surface area contributed by atoms with Crippen molar-refractivity contribution in [2.24, 2.45) is 5.92 Å². The first-order valence-corrected chi connectivity index (χ1v) is 5.53. The Morgan fingerprint density at radius 3 is 3.13 bits per heavy atom. The third kappa shape index (κ3) is 2.15. The summed E-state index contributed by atoms with van der Waals surface area (Å²) in [4.78, 5) is 15.9. The Morgan fingerprint density at radius 2 is 2.47 bits per heavy atom. The maximum atomic E-state index is 10.7. The van der Waals surface area contributed by atoms with Gasteiger partial charge in [0.2, 0.25) is 0 Å². The van der Waals surface area contributed by atoms with Crippen molar-refractivity contribution in [3.63, 3.8) is 0 Å². The lowest BCUT2D eigenvalue weighted by atomic mass is 10.1. The molecule has 0 fully saturated rings. The molecule has 2 aromatic heterocycles. The Kier molecular flexibility index (Phi) is 2.68. The van der Waals surface area contributed by atoms with Crippen LogP contribution in [0.15, 0.2) is 24.5 Å². The van der Waals surface area contributed by atoms with Crippen LogP contribution in [-0.2, 0) is 11.2 Å². The van der Waals surface area contributed by atoms with Crippen molar-refractivity contribution in [3.05, 3.63) is 29.4 Å². The molecule has 2 aromatic rings. The molecule has 2 heterocycles. The van der Waals surface area contributed by atoms with Crippen LogP contribution in [0.4, 0.5) is 0 Å². The molecule has 1 atom stereocenters. The molecule has 1 N–H and O–H groups in total. The summed E-state index contributed by atoms with van der Waals surface area (Å²) in [5, 5.41) is 9.95. The second kappa shape index (κ2) is 3.98. The highest BCUT2D eigenvalue weighted by Gasteiger charge is 2.13. The lowest BCUT2D eigenvalue weighted by Gasteiger charge is -2.01. The van der Waals surface area contributed by atoms with Gasteiger partial charge in [-0.2, -0.15) is 0 Å². The van der Waals surface area contributed by atoms with Crippen LogP contribution in [-0.4, -0.2) is 16.1 Å². The van der Waals surface area contributed by atoms with Gasteiger partial charge < -0.3 is 5.11 Å². The Hall–Kier alpha value is -1.42. The largest absolute Gasteiger partial charge is 0.481 e. The van der Waals surface area contributed by atoms with E-state index >= 15 is 0 Å². The summed E-state index contributed by atoms with van der Waals surface area (Å²) in [5.41, 5.74) is 0. The maximum absolute atomic E-state index is 10.7. The van der Waals surface area contributed by atoms with Crippen LogP contribution < -0.4 is 0 Å². The van der Waals surface area contributed by atoms with Crippen molar-refractivity contribution >= 4 is 27.4 Å². The van der Waals surface area contributed by atoms with Crippen LogP contribution in [0.25, 0.3) is 10.1 Å². The van der Waals surface area contributed by atoms with Crippen LogP contribution in [0.2, 0.25) is 0 Å². The van der Waals surface area contributed by atoms with Gasteiger partial charge in [0.15, 0.2) is 0 Å². The highest BCUT2D eigenvalue weighted by Crippen LogP contribution is 2.26. The van der Waals surface area contributed by atoms with E-state index in [1.54, 1.807) is 24.5 Å². The topological polar surface area (TPSA) is 50.2 Å². The zero-order chi connectivity index (χ0) is 10.8. The van der Waals surface area contributed by atoms with E-state index < -0.39 is 5.97 Å². The van der Waals surface area contributed by atoms with Crippen LogP contribution in [0.5, 0.6) is 0 Å². The number of aromatic nitrogens is 1. The van der Waals surface area contributed by atoms with Gasteiger partial charge in [-0.3, -0.25) is 9.78 Å². The summed E-state index contributed by atoms with van der Waals surface area (Å²) in [6.07, 6.45) is 4.16. The molecule has 3 nitrogen and oxygen atoms in total. The standard InChI is InChI=1S/C11H11NO2S/c1-7(11(13)14)4-9-5-8-2-3-12-6-10(8)15-9/h2-3,5-7H,4H2,1H3,(H,13,14). The van der Waals surface area contributed by atoms with Gasteiger partial charge in [0.1, 0.15) is 0 Å². The number of fused-ring (bicyclic) bond motifs is 1. The zero-order valence-electron chi connectivity index (χ0n) is 8.30. The molecule has 0 saturated heterocycles. The quantitative estimate of drug-likeness (QED) is 0.866. The second-order valence-electron chi connectivity index (χ2n) is 3.57. The molecule has 0 aliphatic rings. The first-order valence-electron chi connectivity index (χ1n) is 4.72. The number of rotatable bonds is 3. The predicted octanol–water partition coefficient (Wildman–Crippen LogP) is 2.56. The van der Waals surface area contributed by atoms with Crippen molar-refractivity contribution in [1.29, 1.82) is 0 Å². The number of carbonyl (C=O) groups is 1. The van der Waals surface area contributed by atoms with Gasteiger partial charge in [-0.05, 0) is 23.9 Å². The van der Waals surface area contributed by atoms with Crippen LogP contribution in [0.1, 0.15) is 11.8 Å². The number of thiophene rings is 1. The van der Waals surface area contributed by atoms with E-state index in [4.69, 9.17) is 5.11 Å². The number of aliphatic carboxylic acids is 1. The lowest BCUT2D eigenvalue weighted by Crippen LogP contribution is -2.11. The van der Waals surface area contributed by atoms with E-state index in [1.165, 1.54) is 0 Å². The fraction of sp³-hybridized carbons (Fsp3) is 0.273. The molecule has 0 aliphatic heterocycles. The molecule has 0 spiro atoms. The third-order valence-electron chi connectivity index (χ3n) is 2.30. The number of carboxylic acids is 1. The molecule has 78 valence electrons. The van der Waals surface area contributed by atoms with Crippen molar-refractivity contribution in [2.45, 2.75) is 13.3 Å². The Balaban J connectivity index is 2.26. The van der Waals surface area contributed by atoms with Crippen LogP contribution in [0.3, 0.4) is 0 Å². The fourth-order valence-electron chi connectivity index (χ4n) is 1.43. The predicted molar refractivity (Wildman–Crippen MR) is 60.1 cm³/mol. The first kappa shape index (κ1) is 10.1. The molecule has 1 unspecified atom stereocenters. The number of hydrogen-bond acceptors (Lipinski definition) is 3. The first-order chi connectivity index (χ1) is 7.16. The summed E-state index contributed by atoms with van der Waals surface area (Å²) in [7, 11) is 0. The molecular weight excluding hydrogens is 210 g/mol. The summed E-state index contributed by atoms with van der Waals surface area (Å²) < 4.78 is 1.12. The number of pyridine rings is 1. The monoisotopic (exact) mass is 221 g/mol. The molecule has 0 saturated carbocycles. The van der Waals surface area contributed by atoms with Gasteiger partial charge >= 0.3 is 5.97 Å². The average molecular weight is 221 g/mol. The van der Waals surface area contributed by atoms with Crippen molar-refractivity contribution in [1.82, 2.24) is 4.98 Å². The molecule has 0 aromatic carbocycles. The number of nitrogens with zero attached hydrogens (tertiary/aromatic N) is 1. The summed E-state index contributed by atoms with van der Waals surface area (Å²) >= 11 is 1.62. The normalized spacial score (nSPS) is 12.9. The molecule has 15 heavy (non-hydrogen) atoms. The van der Waals surface area contributed by atoms with Gasteiger partial charge in [-0.25, -0.2) is 0 Å². The fourth-order valence-corrected chi connectivity index (χ4v) is 2.59. The van der Waals surface area contributed by atoms with Gasteiger partial charge in [-0.1, -0.05) is 6.92 Å². The van der Waals surface area contributed by atoms with Crippen LogP contribution >= 0.6 is 11.3 Å². The number of hydrogen-bond donors (Lipinski definition) is 1. The summed E-state index contributed by atoms with van der Waals surface area (Å²) in [5.74, 6) is -1.07. The van der Waals surface area contributed by atoms with E-state index in [0.29, 0.717) is 6.42 Å². The Morgan fingerprint density at radius 1 is 1.67 bits per heavy atom. The minimum absolute atomic E-state index is 0.328. The Bertz CT molecular complexity index is 459. The smallest absolute Gasteiger partial charge is 0.306 e. The van der Waals surface area contributed by atoms with E-state index in [-0.39, 0.29) is 5.92 Å². The van der Waals surface area contributed by atoms with Gasteiger partial charge in [0.05, 0.1) is 10.6 Å². The molecular formula is C11H11NO2S. The van der Waals surface area contributed by atoms with Gasteiger partial charge in [0.25, 0.3) is 0 Å². The Labute approximate surface area is 91.4 Å². The summed E-state index contributed by atoms with van der Waals surface area (Å²) in [6.45, 7) is 1.73. The van der Waals surface area contributed by atoms with E-state index in [1.807, 2.05) is 18.3 Å².